The minimum absolute atomic E-state index is 0.0898. The summed E-state index contributed by atoms with van der Waals surface area (Å²) in [5.74, 6) is 0.0898. The van der Waals surface area contributed by atoms with E-state index in [-0.39, 0.29) is 11.9 Å². The molecule has 0 bridgehead atoms. The molecule has 1 saturated heterocycles. The number of hydrogen-bond acceptors (Lipinski definition) is 4. The topological polar surface area (TPSA) is 59.2 Å². The Bertz CT molecular complexity index is 716. The van der Waals surface area contributed by atoms with Gasteiger partial charge in [-0.05, 0) is 13.8 Å². The highest BCUT2D eigenvalue weighted by molar-refractivity contribution is 6.30. The van der Waals surface area contributed by atoms with Gasteiger partial charge in [0.2, 0.25) is 5.91 Å². The molecule has 0 radical (unpaired) electrons. The van der Waals surface area contributed by atoms with Crippen LogP contribution in [0.5, 0.6) is 0 Å². The highest BCUT2D eigenvalue weighted by atomic mass is 35.5. The molecule has 1 amide bonds. The molecule has 0 saturated carbocycles. The van der Waals surface area contributed by atoms with E-state index in [0.29, 0.717) is 5.02 Å². The highest BCUT2D eigenvalue weighted by Crippen LogP contribution is 2.16. The molecule has 0 spiro atoms. The van der Waals surface area contributed by atoms with Gasteiger partial charge < -0.3 is 4.90 Å². The van der Waals surface area contributed by atoms with Gasteiger partial charge in [-0.1, -0.05) is 11.6 Å². The second-order valence-corrected chi connectivity index (χ2v) is 6.77. The maximum absolute atomic E-state index is 12.6. The Kier molecular flexibility index (Phi) is 4.91. The number of carbonyl (C=O) groups is 1. The standard InChI is InChI=1S/C16H23ClN6O/c1-12-14(9-20(3)19-12)10-21-4-6-22(7-5-21)16(24)13(2)23-11-15(17)8-18-23/h8-9,11,13H,4-7,10H2,1-3H3. The highest BCUT2D eigenvalue weighted by Gasteiger charge is 2.26. The lowest BCUT2D eigenvalue weighted by Gasteiger charge is -2.35. The van der Waals surface area contributed by atoms with Crippen LogP contribution in [0.2, 0.25) is 5.02 Å². The lowest BCUT2D eigenvalue weighted by atomic mass is 10.2. The van der Waals surface area contributed by atoms with Crippen molar-refractivity contribution in [2.24, 2.45) is 7.05 Å². The molecular weight excluding hydrogens is 328 g/mol. The van der Waals surface area contributed by atoms with Crippen molar-refractivity contribution in [3.8, 4) is 0 Å². The van der Waals surface area contributed by atoms with Crippen LogP contribution >= 0.6 is 11.6 Å². The normalized spacial score (nSPS) is 17.2. The monoisotopic (exact) mass is 350 g/mol. The molecule has 2 aromatic rings. The average molecular weight is 351 g/mol. The van der Waals surface area contributed by atoms with Crippen molar-refractivity contribution in [3.63, 3.8) is 0 Å². The van der Waals surface area contributed by atoms with Gasteiger partial charge in [0.1, 0.15) is 6.04 Å². The first-order valence-electron chi connectivity index (χ1n) is 8.14. The van der Waals surface area contributed by atoms with E-state index in [1.807, 2.05) is 30.5 Å². The Labute approximate surface area is 146 Å². The van der Waals surface area contributed by atoms with Crippen molar-refractivity contribution >= 4 is 17.5 Å². The van der Waals surface area contributed by atoms with Crippen molar-refractivity contribution in [3.05, 3.63) is 34.9 Å². The van der Waals surface area contributed by atoms with Gasteiger partial charge in [-0.2, -0.15) is 10.2 Å². The van der Waals surface area contributed by atoms with Gasteiger partial charge in [0.25, 0.3) is 0 Å². The lowest BCUT2D eigenvalue weighted by molar-refractivity contribution is -0.136. The Morgan fingerprint density at radius 1 is 1.29 bits per heavy atom. The molecule has 1 atom stereocenters. The van der Waals surface area contributed by atoms with Crippen molar-refractivity contribution in [2.45, 2.75) is 26.4 Å². The zero-order valence-electron chi connectivity index (χ0n) is 14.3. The Morgan fingerprint density at radius 3 is 2.54 bits per heavy atom. The maximum Gasteiger partial charge on any atom is 0.247 e. The van der Waals surface area contributed by atoms with Crippen LogP contribution in [0.3, 0.4) is 0 Å². The summed E-state index contributed by atoms with van der Waals surface area (Å²) in [6.07, 6.45) is 5.31. The number of aromatic nitrogens is 4. The van der Waals surface area contributed by atoms with Crippen LogP contribution in [0.25, 0.3) is 0 Å². The van der Waals surface area contributed by atoms with Crippen molar-refractivity contribution in [2.75, 3.05) is 26.2 Å². The lowest BCUT2D eigenvalue weighted by Crippen LogP contribution is -2.50. The number of halogens is 1. The van der Waals surface area contributed by atoms with Gasteiger partial charge in [0.05, 0.1) is 16.9 Å². The molecule has 1 aliphatic rings. The van der Waals surface area contributed by atoms with Gasteiger partial charge in [-0.3, -0.25) is 19.1 Å². The van der Waals surface area contributed by atoms with Crippen molar-refractivity contribution in [1.82, 2.24) is 29.4 Å². The first-order chi connectivity index (χ1) is 11.4. The molecule has 0 aromatic carbocycles. The third-order valence-corrected chi connectivity index (χ3v) is 4.71. The molecule has 3 rings (SSSR count). The van der Waals surface area contributed by atoms with E-state index in [1.165, 1.54) is 5.56 Å². The third kappa shape index (κ3) is 3.62. The Balaban J connectivity index is 1.54. The fourth-order valence-corrected chi connectivity index (χ4v) is 3.22. The van der Waals surface area contributed by atoms with Gasteiger partial charge in [0, 0.05) is 57.7 Å². The van der Waals surface area contributed by atoms with E-state index in [9.17, 15) is 4.79 Å². The SMILES string of the molecule is Cc1nn(C)cc1CN1CCN(C(=O)C(C)n2cc(Cl)cn2)CC1. The first-order valence-corrected chi connectivity index (χ1v) is 8.52. The molecule has 130 valence electrons. The van der Waals surface area contributed by atoms with E-state index in [0.717, 1.165) is 38.4 Å². The number of hydrogen-bond donors (Lipinski definition) is 0. The molecule has 1 unspecified atom stereocenters. The van der Waals surface area contributed by atoms with Crippen molar-refractivity contribution < 1.29 is 4.79 Å². The van der Waals surface area contributed by atoms with E-state index >= 15 is 0 Å². The van der Waals surface area contributed by atoms with Crippen LogP contribution < -0.4 is 0 Å². The van der Waals surface area contributed by atoms with Crippen LogP contribution in [0.1, 0.15) is 24.2 Å². The fraction of sp³-hybridized carbons (Fsp3) is 0.562. The van der Waals surface area contributed by atoms with Crippen LogP contribution in [0.4, 0.5) is 0 Å². The number of aryl methyl sites for hydroxylation is 2. The molecule has 2 aromatic heterocycles. The quantitative estimate of drug-likeness (QED) is 0.838. The average Bonchev–Trinajstić information content (AvgIpc) is 3.12. The van der Waals surface area contributed by atoms with Crippen molar-refractivity contribution in [1.29, 1.82) is 0 Å². The second kappa shape index (κ2) is 6.94. The molecule has 0 N–H and O–H groups in total. The molecule has 3 heterocycles. The predicted molar refractivity (Wildman–Crippen MR) is 91.8 cm³/mol. The van der Waals surface area contributed by atoms with Crippen LogP contribution in [0.15, 0.2) is 18.6 Å². The third-order valence-electron chi connectivity index (χ3n) is 4.52. The summed E-state index contributed by atoms with van der Waals surface area (Å²) in [6.45, 7) is 7.98. The summed E-state index contributed by atoms with van der Waals surface area (Å²) >= 11 is 5.88. The molecular formula is C16H23ClN6O. The molecule has 24 heavy (non-hydrogen) atoms. The molecule has 1 aliphatic heterocycles. The largest absolute Gasteiger partial charge is 0.338 e. The smallest absolute Gasteiger partial charge is 0.247 e. The fourth-order valence-electron chi connectivity index (χ4n) is 3.08. The van der Waals surface area contributed by atoms with Gasteiger partial charge in [0.15, 0.2) is 0 Å². The van der Waals surface area contributed by atoms with Gasteiger partial charge in [-0.25, -0.2) is 0 Å². The zero-order valence-corrected chi connectivity index (χ0v) is 15.1. The van der Waals surface area contributed by atoms with E-state index in [1.54, 1.807) is 17.1 Å². The molecule has 1 fully saturated rings. The molecule has 7 nitrogen and oxygen atoms in total. The summed E-state index contributed by atoms with van der Waals surface area (Å²) in [5.41, 5.74) is 2.32. The maximum atomic E-state index is 12.6. The minimum atomic E-state index is -0.329. The summed E-state index contributed by atoms with van der Waals surface area (Å²) in [6, 6.07) is -0.329. The Hall–Kier alpha value is -1.86. The number of rotatable bonds is 4. The van der Waals surface area contributed by atoms with Crippen LogP contribution in [-0.4, -0.2) is 61.4 Å². The van der Waals surface area contributed by atoms with E-state index in [2.05, 4.69) is 21.3 Å². The first kappa shape index (κ1) is 17.0. The minimum Gasteiger partial charge on any atom is -0.338 e. The number of amides is 1. The van der Waals surface area contributed by atoms with Crippen LogP contribution in [0, 0.1) is 6.92 Å². The summed E-state index contributed by atoms with van der Waals surface area (Å²) < 4.78 is 3.47. The number of piperazine rings is 1. The summed E-state index contributed by atoms with van der Waals surface area (Å²) in [4.78, 5) is 16.9. The van der Waals surface area contributed by atoms with E-state index in [4.69, 9.17) is 11.6 Å². The van der Waals surface area contributed by atoms with Gasteiger partial charge in [-0.15, -0.1) is 0 Å². The number of nitrogens with zero attached hydrogens (tertiary/aromatic N) is 6. The summed E-state index contributed by atoms with van der Waals surface area (Å²) in [7, 11) is 1.94. The summed E-state index contributed by atoms with van der Waals surface area (Å²) in [5, 5.41) is 9.06. The van der Waals surface area contributed by atoms with E-state index < -0.39 is 0 Å². The number of carbonyl (C=O) groups excluding carboxylic acids is 1. The molecule has 0 aliphatic carbocycles. The Morgan fingerprint density at radius 2 is 2.00 bits per heavy atom. The zero-order chi connectivity index (χ0) is 17.3. The molecule has 8 heteroatoms. The predicted octanol–water partition coefficient (Wildman–Crippen LogP) is 1.48. The van der Waals surface area contributed by atoms with Gasteiger partial charge >= 0.3 is 0 Å². The van der Waals surface area contributed by atoms with Crippen LogP contribution in [-0.2, 0) is 18.4 Å². The second-order valence-electron chi connectivity index (χ2n) is 6.33.